The van der Waals surface area contributed by atoms with Crippen LogP contribution in [-0.2, 0) is 11.8 Å². The van der Waals surface area contributed by atoms with Crippen molar-refractivity contribution in [2.75, 3.05) is 50.1 Å². The summed E-state index contributed by atoms with van der Waals surface area (Å²) in [5.74, 6) is -1.11. The minimum Gasteiger partial charge on any atom is -0.395 e. The molecule has 43 heavy (non-hydrogen) atoms. The SMILES string of the molecule is Cc1ccc(-c2cc(Cc3ccc(N4CCN(C)CC4)cn3)c(=O)[nH]n2)c(F)c1NC(=O)c1ccc(C(C)(C)CO)cc1. The van der Waals surface area contributed by atoms with Gasteiger partial charge in [-0.05, 0) is 61.5 Å². The van der Waals surface area contributed by atoms with Crippen molar-refractivity contribution in [3.63, 3.8) is 0 Å². The lowest BCUT2D eigenvalue weighted by atomic mass is 9.85. The second kappa shape index (κ2) is 12.4. The number of hydrogen-bond donors (Lipinski definition) is 3. The molecule has 0 atom stereocenters. The maximum Gasteiger partial charge on any atom is 0.267 e. The van der Waals surface area contributed by atoms with Crippen LogP contribution >= 0.6 is 0 Å². The number of likely N-dealkylation sites (N-methyl/N-ethyl adjacent to an activating group) is 1. The summed E-state index contributed by atoms with van der Waals surface area (Å²) >= 11 is 0. The van der Waals surface area contributed by atoms with Crippen molar-refractivity contribution in [2.24, 2.45) is 0 Å². The van der Waals surface area contributed by atoms with Gasteiger partial charge in [0.25, 0.3) is 11.5 Å². The molecule has 2 aromatic carbocycles. The second-order valence-corrected chi connectivity index (χ2v) is 11.8. The molecule has 0 unspecified atom stereocenters. The number of pyridine rings is 1. The van der Waals surface area contributed by atoms with Crippen LogP contribution in [0.25, 0.3) is 11.3 Å². The summed E-state index contributed by atoms with van der Waals surface area (Å²) in [6, 6.07) is 15.6. The van der Waals surface area contributed by atoms with Crippen LogP contribution in [0.4, 0.5) is 15.8 Å². The van der Waals surface area contributed by atoms with Gasteiger partial charge in [-0.15, -0.1) is 0 Å². The van der Waals surface area contributed by atoms with Gasteiger partial charge in [0.1, 0.15) is 0 Å². The first-order chi connectivity index (χ1) is 20.6. The van der Waals surface area contributed by atoms with Crippen molar-refractivity contribution in [1.82, 2.24) is 20.1 Å². The van der Waals surface area contributed by atoms with Gasteiger partial charge in [-0.3, -0.25) is 14.6 Å². The molecule has 1 saturated heterocycles. The quantitative estimate of drug-likeness (QED) is 0.285. The number of nitrogens with zero attached hydrogens (tertiary/aromatic N) is 4. The van der Waals surface area contributed by atoms with E-state index >= 15 is 4.39 Å². The zero-order valence-electron chi connectivity index (χ0n) is 24.9. The first kappa shape index (κ1) is 30.1. The zero-order valence-corrected chi connectivity index (χ0v) is 24.9. The molecule has 9 nitrogen and oxygen atoms in total. The van der Waals surface area contributed by atoms with Crippen molar-refractivity contribution in [1.29, 1.82) is 0 Å². The number of aromatic amines is 1. The van der Waals surface area contributed by atoms with Crippen molar-refractivity contribution in [2.45, 2.75) is 32.6 Å². The van der Waals surface area contributed by atoms with Gasteiger partial charge in [0.15, 0.2) is 5.82 Å². The molecule has 4 aromatic rings. The fourth-order valence-electron chi connectivity index (χ4n) is 5.06. The van der Waals surface area contributed by atoms with E-state index in [2.05, 4.69) is 37.3 Å². The van der Waals surface area contributed by atoms with Crippen molar-refractivity contribution < 1.29 is 14.3 Å². The van der Waals surface area contributed by atoms with E-state index in [1.165, 1.54) is 0 Å². The standard InChI is InChI=1S/C33H37FN6O3/c1-21-5-12-27(29(34)30(21)36-31(42)22-6-8-24(9-7-22)33(2,3)20-41)28-18-23(32(43)38-37-28)17-25-10-11-26(19-35-25)40-15-13-39(4)14-16-40/h5-12,18-19,41H,13-17,20H2,1-4H3,(H,36,42)(H,38,43). The number of carbonyl (C=O) groups is 1. The highest BCUT2D eigenvalue weighted by atomic mass is 19.1. The number of aliphatic hydroxyl groups is 1. The number of H-pyrrole nitrogens is 1. The van der Waals surface area contributed by atoms with Crippen LogP contribution in [0.1, 0.15) is 46.6 Å². The third-order valence-corrected chi connectivity index (χ3v) is 8.12. The Morgan fingerprint density at radius 1 is 1.07 bits per heavy atom. The number of aryl methyl sites for hydroxylation is 1. The summed E-state index contributed by atoms with van der Waals surface area (Å²) in [4.78, 5) is 34.8. The number of aromatic nitrogens is 3. The lowest BCUT2D eigenvalue weighted by molar-refractivity contribution is 0.102. The van der Waals surface area contributed by atoms with Crippen LogP contribution < -0.4 is 15.8 Å². The van der Waals surface area contributed by atoms with Crippen molar-refractivity contribution in [3.8, 4) is 11.3 Å². The molecule has 2 aromatic heterocycles. The molecule has 0 spiro atoms. The summed E-state index contributed by atoms with van der Waals surface area (Å²) in [6.07, 6.45) is 2.08. The average Bonchev–Trinajstić information content (AvgIpc) is 3.01. The largest absolute Gasteiger partial charge is 0.395 e. The number of hydrogen-bond acceptors (Lipinski definition) is 7. The monoisotopic (exact) mass is 584 g/mol. The molecule has 0 bridgehead atoms. The van der Waals surface area contributed by atoms with Gasteiger partial charge in [-0.25, -0.2) is 9.49 Å². The minimum absolute atomic E-state index is 0.0318. The Bertz CT molecular complexity index is 1660. The van der Waals surface area contributed by atoms with E-state index in [1.54, 1.807) is 49.4 Å². The molecular formula is C33H37FN6O3. The van der Waals surface area contributed by atoms with Gasteiger partial charge in [-0.2, -0.15) is 5.10 Å². The molecule has 3 N–H and O–H groups in total. The van der Waals surface area contributed by atoms with Gasteiger partial charge in [0, 0.05) is 60.4 Å². The van der Waals surface area contributed by atoms with E-state index in [0.717, 1.165) is 37.4 Å². The van der Waals surface area contributed by atoms with Gasteiger partial charge >= 0.3 is 0 Å². The van der Waals surface area contributed by atoms with Crippen LogP contribution in [-0.4, -0.2) is 70.9 Å². The molecule has 0 aliphatic carbocycles. The Balaban J connectivity index is 1.35. The maximum atomic E-state index is 15.9. The normalized spacial score (nSPS) is 14.1. The number of anilines is 2. The number of benzene rings is 2. The number of rotatable bonds is 8. The average molecular weight is 585 g/mol. The zero-order chi connectivity index (χ0) is 30.7. The molecule has 0 radical (unpaired) electrons. The molecule has 1 aliphatic heterocycles. The van der Waals surface area contributed by atoms with E-state index in [9.17, 15) is 14.7 Å². The molecule has 5 rings (SSSR count). The molecule has 3 heterocycles. The first-order valence-electron chi connectivity index (χ1n) is 14.3. The fourth-order valence-corrected chi connectivity index (χ4v) is 5.06. The topological polar surface area (TPSA) is 114 Å². The summed E-state index contributed by atoms with van der Waals surface area (Å²) in [5, 5.41) is 18.9. The fraction of sp³-hybridized carbons (Fsp3) is 0.333. The summed E-state index contributed by atoms with van der Waals surface area (Å²) in [7, 11) is 2.11. The van der Waals surface area contributed by atoms with Crippen LogP contribution in [0, 0.1) is 12.7 Å². The maximum absolute atomic E-state index is 15.9. The van der Waals surface area contributed by atoms with Gasteiger partial charge in [-0.1, -0.05) is 32.0 Å². The molecule has 1 amide bonds. The third kappa shape index (κ3) is 6.65. The highest BCUT2D eigenvalue weighted by Gasteiger charge is 2.21. The second-order valence-electron chi connectivity index (χ2n) is 11.8. The van der Waals surface area contributed by atoms with Crippen LogP contribution in [0.3, 0.4) is 0 Å². The van der Waals surface area contributed by atoms with E-state index in [0.29, 0.717) is 22.4 Å². The number of nitrogens with one attached hydrogen (secondary N) is 2. The van der Waals surface area contributed by atoms with Crippen LogP contribution in [0.2, 0.25) is 0 Å². The van der Waals surface area contributed by atoms with Gasteiger partial charge < -0.3 is 20.2 Å². The number of aliphatic hydroxyl groups excluding tert-OH is 1. The lowest BCUT2D eigenvalue weighted by Gasteiger charge is -2.33. The summed E-state index contributed by atoms with van der Waals surface area (Å²) in [5.41, 5.74) is 3.56. The number of piperazine rings is 1. The van der Waals surface area contributed by atoms with Crippen LogP contribution in [0.15, 0.2) is 65.6 Å². The van der Waals surface area contributed by atoms with Crippen molar-refractivity contribution >= 4 is 17.3 Å². The number of carbonyl (C=O) groups excluding carboxylic acids is 1. The predicted molar refractivity (Wildman–Crippen MR) is 166 cm³/mol. The Hall–Kier alpha value is -4.41. The molecule has 10 heteroatoms. The Kier molecular flexibility index (Phi) is 8.70. The van der Waals surface area contributed by atoms with Gasteiger partial charge in [0.05, 0.1) is 29.9 Å². The molecule has 1 aliphatic rings. The summed E-state index contributed by atoms with van der Waals surface area (Å²) < 4.78 is 15.9. The third-order valence-electron chi connectivity index (χ3n) is 8.12. The number of amides is 1. The minimum atomic E-state index is -0.647. The Morgan fingerprint density at radius 3 is 2.44 bits per heavy atom. The lowest BCUT2D eigenvalue weighted by Crippen LogP contribution is -2.44. The highest BCUT2D eigenvalue weighted by molar-refractivity contribution is 6.05. The molecular weight excluding hydrogens is 547 g/mol. The van der Waals surface area contributed by atoms with E-state index in [4.69, 9.17) is 0 Å². The van der Waals surface area contributed by atoms with E-state index in [-0.39, 0.29) is 35.5 Å². The Morgan fingerprint density at radius 2 is 1.79 bits per heavy atom. The molecule has 0 saturated carbocycles. The van der Waals surface area contributed by atoms with Gasteiger partial charge in [0.2, 0.25) is 0 Å². The van der Waals surface area contributed by atoms with Crippen molar-refractivity contribution in [3.05, 3.63) is 105 Å². The first-order valence-corrected chi connectivity index (χ1v) is 14.3. The smallest absolute Gasteiger partial charge is 0.267 e. The Labute approximate surface area is 250 Å². The number of halogens is 1. The summed E-state index contributed by atoms with van der Waals surface area (Å²) in [6.45, 7) is 9.35. The van der Waals surface area contributed by atoms with Crippen LogP contribution in [0.5, 0.6) is 0 Å². The van der Waals surface area contributed by atoms with E-state index in [1.807, 2.05) is 32.2 Å². The molecule has 224 valence electrons. The predicted octanol–water partition coefficient (Wildman–Crippen LogP) is 4.14. The van der Waals surface area contributed by atoms with E-state index < -0.39 is 17.1 Å². The molecule has 1 fully saturated rings. The highest BCUT2D eigenvalue weighted by Crippen LogP contribution is 2.30.